The molecule has 0 unspecified atom stereocenters. The molecule has 18 heavy (non-hydrogen) atoms. The Morgan fingerprint density at radius 1 is 1.22 bits per heavy atom. The van der Waals surface area contributed by atoms with Crippen LogP contribution in [0.5, 0.6) is 11.5 Å². The molecule has 0 aliphatic carbocycles. The summed E-state index contributed by atoms with van der Waals surface area (Å²) in [5.41, 5.74) is 7.17. The van der Waals surface area contributed by atoms with Crippen LogP contribution in [0.25, 0.3) is 0 Å². The molecular weight excluding hydrogens is 240 g/mol. The molecule has 1 aliphatic rings. The smallest absolute Gasteiger partial charge is 0.395 e. The lowest BCUT2D eigenvalue weighted by Crippen LogP contribution is -2.26. The van der Waals surface area contributed by atoms with E-state index < -0.39 is 6.29 Å². The van der Waals surface area contributed by atoms with E-state index >= 15 is 0 Å². The van der Waals surface area contributed by atoms with Crippen LogP contribution in [-0.4, -0.2) is 12.8 Å². The van der Waals surface area contributed by atoms with Crippen LogP contribution >= 0.6 is 0 Å². The number of rotatable bonds is 5. The number of hydrogen-bond donors (Lipinski definition) is 1. The molecule has 0 aromatic heterocycles. The van der Waals surface area contributed by atoms with E-state index in [-0.39, 0.29) is 11.5 Å². The molecule has 5 heteroatoms. The van der Waals surface area contributed by atoms with E-state index in [1.807, 2.05) is 13.0 Å². The summed E-state index contributed by atoms with van der Waals surface area (Å²) in [6, 6.07) is 3.52. The lowest BCUT2D eigenvalue weighted by Gasteiger charge is -2.08. The van der Waals surface area contributed by atoms with Gasteiger partial charge in [0.2, 0.25) is 0 Å². The molecule has 1 aromatic carbocycles. The number of unbranched alkanes of at least 4 members (excludes halogenated alkanes) is 1. The Morgan fingerprint density at radius 2 is 2.00 bits per heavy atom. The minimum atomic E-state index is -3.54. The van der Waals surface area contributed by atoms with Crippen LogP contribution in [0.2, 0.25) is 0 Å². The predicted molar refractivity (Wildman–Crippen MR) is 64.0 cm³/mol. The molecule has 0 spiro atoms. The van der Waals surface area contributed by atoms with Gasteiger partial charge < -0.3 is 15.2 Å². The molecule has 0 radical (unpaired) electrons. The molecule has 0 atom stereocenters. The van der Waals surface area contributed by atoms with Gasteiger partial charge in [-0.25, -0.2) is 0 Å². The zero-order valence-corrected chi connectivity index (χ0v) is 10.3. The molecule has 1 heterocycles. The Morgan fingerprint density at radius 3 is 2.67 bits per heavy atom. The second kappa shape index (κ2) is 5.10. The number of benzene rings is 1. The van der Waals surface area contributed by atoms with E-state index in [1.165, 1.54) is 0 Å². The molecule has 100 valence electrons. The maximum Gasteiger partial charge on any atom is 0.586 e. The first-order valence-corrected chi connectivity index (χ1v) is 6.17. The molecule has 2 N–H and O–H groups in total. The highest BCUT2D eigenvalue weighted by molar-refractivity contribution is 5.51. The third-order valence-electron chi connectivity index (χ3n) is 2.95. The van der Waals surface area contributed by atoms with Crippen molar-refractivity contribution in [1.29, 1.82) is 0 Å². The second-order valence-electron chi connectivity index (χ2n) is 4.35. The Kier molecular flexibility index (Phi) is 3.71. The van der Waals surface area contributed by atoms with E-state index in [4.69, 9.17) is 5.73 Å². The molecular formula is C13H17F2NO2. The van der Waals surface area contributed by atoms with Crippen LogP contribution in [0.1, 0.15) is 30.9 Å². The van der Waals surface area contributed by atoms with Gasteiger partial charge in [-0.15, -0.1) is 8.78 Å². The second-order valence-corrected chi connectivity index (χ2v) is 4.35. The summed E-state index contributed by atoms with van der Waals surface area (Å²) in [6.07, 6.45) is -0.385. The number of alkyl halides is 2. The topological polar surface area (TPSA) is 44.5 Å². The van der Waals surface area contributed by atoms with Crippen LogP contribution < -0.4 is 15.2 Å². The maximum atomic E-state index is 13.1. The molecule has 3 nitrogen and oxygen atoms in total. The van der Waals surface area contributed by atoms with Crippen LogP contribution in [0.3, 0.4) is 0 Å². The van der Waals surface area contributed by atoms with Crippen molar-refractivity contribution in [3.63, 3.8) is 0 Å². The molecule has 2 rings (SSSR count). The van der Waals surface area contributed by atoms with Crippen LogP contribution in [0.15, 0.2) is 12.1 Å². The number of nitrogens with two attached hydrogens (primary N) is 1. The van der Waals surface area contributed by atoms with Crippen LogP contribution in [0, 0.1) is 0 Å². The van der Waals surface area contributed by atoms with Gasteiger partial charge in [-0.2, -0.15) is 0 Å². The largest absolute Gasteiger partial charge is 0.586 e. The summed E-state index contributed by atoms with van der Waals surface area (Å²) in [4.78, 5) is 0. The lowest BCUT2D eigenvalue weighted by atomic mass is 10.0. The van der Waals surface area contributed by atoms with Crippen molar-refractivity contribution in [1.82, 2.24) is 0 Å². The zero-order valence-electron chi connectivity index (χ0n) is 10.3. The minimum Gasteiger partial charge on any atom is -0.395 e. The highest BCUT2D eigenvalue weighted by Crippen LogP contribution is 2.44. The van der Waals surface area contributed by atoms with Gasteiger partial charge in [0.15, 0.2) is 11.5 Å². The van der Waals surface area contributed by atoms with Gasteiger partial charge in [-0.3, -0.25) is 0 Å². The Labute approximate surface area is 105 Å². The number of fused-ring (bicyclic) bond motifs is 1. The quantitative estimate of drug-likeness (QED) is 0.825. The molecule has 1 aliphatic heterocycles. The van der Waals surface area contributed by atoms with E-state index in [0.29, 0.717) is 13.0 Å². The monoisotopic (exact) mass is 257 g/mol. The maximum absolute atomic E-state index is 13.1. The van der Waals surface area contributed by atoms with E-state index in [2.05, 4.69) is 9.47 Å². The highest BCUT2D eigenvalue weighted by Gasteiger charge is 2.44. The first kappa shape index (κ1) is 13.1. The SMILES string of the molecule is CCc1cc(CCCCN)c2c(c1)OC(F)(F)O2. The standard InChI is InChI=1S/C13H17F2NO2/c1-2-9-7-10(5-3-4-6-16)12-11(8-9)17-13(14,15)18-12/h7-8H,2-6,16H2,1H3. The number of halogens is 2. The Balaban J connectivity index is 2.26. The molecule has 0 saturated carbocycles. The molecule has 0 bridgehead atoms. The average Bonchev–Trinajstić information content (AvgIpc) is 2.63. The van der Waals surface area contributed by atoms with Gasteiger partial charge in [0.1, 0.15) is 0 Å². The van der Waals surface area contributed by atoms with E-state index in [1.54, 1.807) is 6.07 Å². The lowest BCUT2D eigenvalue weighted by molar-refractivity contribution is -0.286. The fraction of sp³-hybridized carbons (Fsp3) is 0.538. The summed E-state index contributed by atoms with van der Waals surface area (Å²) < 4.78 is 35.2. The van der Waals surface area contributed by atoms with Gasteiger partial charge in [-0.05, 0) is 49.4 Å². The van der Waals surface area contributed by atoms with Crippen molar-refractivity contribution >= 4 is 0 Å². The number of hydrogen-bond acceptors (Lipinski definition) is 3. The van der Waals surface area contributed by atoms with Gasteiger partial charge in [0.25, 0.3) is 0 Å². The minimum absolute atomic E-state index is 0.141. The van der Waals surface area contributed by atoms with E-state index in [9.17, 15) is 8.78 Å². The predicted octanol–water partition coefficient (Wildman–Crippen LogP) is 2.85. The van der Waals surface area contributed by atoms with Crippen molar-refractivity contribution in [2.24, 2.45) is 5.73 Å². The van der Waals surface area contributed by atoms with Gasteiger partial charge in [0.05, 0.1) is 0 Å². The zero-order chi connectivity index (χ0) is 13.2. The van der Waals surface area contributed by atoms with Crippen molar-refractivity contribution in [2.75, 3.05) is 6.54 Å². The van der Waals surface area contributed by atoms with Crippen molar-refractivity contribution in [3.8, 4) is 11.5 Å². The van der Waals surface area contributed by atoms with Crippen LogP contribution in [0.4, 0.5) is 8.78 Å². The number of ether oxygens (including phenoxy) is 2. The summed E-state index contributed by atoms with van der Waals surface area (Å²) in [6.45, 7) is 2.57. The fourth-order valence-corrected chi connectivity index (χ4v) is 2.03. The van der Waals surface area contributed by atoms with E-state index in [0.717, 1.165) is 30.4 Å². The van der Waals surface area contributed by atoms with Gasteiger partial charge >= 0.3 is 6.29 Å². The van der Waals surface area contributed by atoms with Crippen molar-refractivity contribution in [3.05, 3.63) is 23.3 Å². The summed E-state index contributed by atoms with van der Waals surface area (Å²) in [7, 11) is 0. The molecule has 1 aromatic rings. The molecule has 0 amide bonds. The average molecular weight is 257 g/mol. The Hall–Kier alpha value is -1.36. The molecule has 0 saturated heterocycles. The Bertz CT molecular complexity index is 435. The van der Waals surface area contributed by atoms with Crippen molar-refractivity contribution < 1.29 is 18.3 Å². The first-order chi connectivity index (χ1) is 8.55. The normalized spacial score (nSPS) is 16.0. The van der Waals surface area contributed by atoms with Gasteiger partial charge in [-0.1, -0.05) is 13.0 Å². The number of aryl methyl sites for hydroxylation is 2. The summed E-state index contributed by atoms with van der Waals surface area (Å²) in [5.74, 6) is 0.316. The van der Waals surface area contributed by atoms with Gasteiger partial charge in [0, 0.05) is 0 Å². The van der Waals surface area contributed by atoms with Crippen molar-refractivity contribution in [2.45, 2.75) is 38.9 Å². The van der Waals surface area contributed by atoms with Crippen LogP contribution in [-0.2, 0) is 12.8 Å². The third kappa shape index (κ3) is 2.72. The summed E-state index contributed by atoms with van der Waals surface area (Å²) in [5, 5.41) is 0. The molecule has 0 fully saturated rings. The summed E-state index contributed by atoms with van der Waals surface area (Å²) >= 11 is 0. The highest BCUT2D eigenvalue weighted by atomic mass is 19.3. The fourth-order valence-electron chi connectivity index (χ4n) is 2.03. The first-order valence-electron chi connectivity index (χ1n) is 6.17. The third-order valence-corrected chi connectivity index (χ3v) is 2.95.